The molecule has 0 aromatic rings. The Bertz CT molecular complexity index is 1030. The summed E-state index contributed by atoms with van der Waals surface area (Å²) in [4.78, 5) is 37.1. The van der Waals surface area contributed by atoms with Crippen molar-refractivity contribution in [3.63, 3.8) is 0 Å². The number of aliphatic hydroxyl groups excluding tert-OH is 1. The van der Waals surface area contributed by atoms with Crippen LogP contribution in [0.4, 0.5) is 4.39 Å². The van der Waals surface area contributed by atoms with E-state index >= 15 is 4.39 Å². The molecule has 8 atom stereocenters. The monoisotopic (exact) mass is 476 g/mol. The van der Waals surface area contributed by atoms with Crippen LogP contribution in [-0.4, -0.2) is 58.5 Å². The Morgan fingerprint density at radius 2 is 1.94 bits per heavy atom. The average Bonchev–Trinajstić information content (AvgIpc) is 3.14. The Morgan fingerprint density at radius 3 is 2.62 bits per heavy atom. The number of halogens is 1. The Hall–Kier alpha value is -1.90. The number of allylic oxidation sites excluding steroid dienone is 4. The van der Waals surface area contributed by atoms with Crippen LogP contribution in [0, 0.1) is 22.7 Å². The molecule has 1 aliphatic heterocycles. The molecule has 0 amide bonds. The predicted molar refractivity (Wildman–Crippen MR) is 118 cm³/mol. The molecule has 7 nitrogen and oxygen atoms in total. The van der Waals surface area contributed by atoms with E-state index in [0.29, 0.717) is 24.8 Å². The second kappa shape index (κ2) is 7.08. The SMILES string of the molecule is CC(=O)OCC(=O)[C@@]12OC(C)(C)O[C@@H]1C[C@H]1[C@H]3CCC4=CC(=O)C=C[C@]4(C)[C@@]3(F)[C@@H](O)C[C@@]12C. The molecule has 1 heterocycles. The zero-order valence-electron chi connectivity index (χ0n) is 20.4. The minimum Gasteiger partial charge on any atom is -0.458 e. The minimum absolute atomic E-state index is 0.0168. The first-order valence-electron chi connectivity index (χ1n) is 12.1. The highest BCUT2D eigenvalue weighted by Gasteiger charge is 2.80. The van der Waals surface area contributed by atoms with Crippen molar-refractivity contribution in [2.45, 2.75) is 89.6 Å². The van der Waals surface area contributed by atoms with Crippen LogP contribution in [-0.2, 0) is 28.6 Å². The molecule has 0 bridgehead atoms. The number of fused-ring (bicyclic) bond motifs is 7. The second-order valence-electron chi connectivity index (χ2n) is 11.5. The van der Waals surface area contributed by atoms with E-state index in [4.69, 9.17) is 14.2 Å². The molecule has 34 heavy (non-hydrogen) atoms. The lowest BCUT2D eigenvalue weighted by atomic mass is 9.44. The van der Waals surface area contributed by atoms with Crippen LogP contribution in [0.2, 0.25) is 0 Å². The summed E-state index contributed by atoms with van der Waals surface area (Å²) in [5.41, 5.74) is -4.82. The van der Waals surface area contributed by atoms with Crippen LogP contribution in [0.1, 0.15) is 60.3 Å². The maximum absolute atomic E-state index is 17.3. The summed E-state index contributed by atoms with van der Waals surface area (Å²) >= 11 is 0. The first-order chi connectivity index (χ1) is 15.7. The number of hydrogen-bond donors (Lipinski definition) is 1. The molecule has 4 aliphatic carbocycles. The molecule has 0 unspecified atom stereocenters. The maximum atomic E-state index is 17.3. The third-order valence-electron chi connectivity index (χ3n) is 9.45. The number of ether oxygens (including phenoxy) is 3. The number of esters is 1. The maximum Gasteiger partial charge on any atom is 0.303 e. The molecule has 0 spiro atoms. The van der Waals surface area contributed by atoms with Crippen LogP contribution in [0.5, 0.6) is 0 Å². The molecule has 3 saturated carbocycles. The number of rotatable bonds is 3. The summed E-state index contributed by atoms with van der Waals surface area (Å²) in [6, 6.07) is 0. The van der Waals surface area contributed by atoms with Gasteiger partial charge in [-0.15, -0.1) is 0 Å². The van der Waals surface area contributed by atoms with Crippen molar-refractivity contribution < 1.29 is 38.1 Å². The lowest BCUT2D eigenvalue weighted by Crippen LogP contribution is -2.70. The van der Waals surface area contributed by atoms with Gasteiger partial charge in [0.05, 0.1) is 12.2 Å². The minimum atomic E-state index is -2.01. The molecule has 1 N–H and O–H groups in total. The van der Waals surface area contributed by atoms with Crippen molar-refractivity contribution in [3.8, 4) is 0 Å². The summed E-state index contributed by atoms with van der Waals surface area (Å²) in [5.74, 6) is -3.11. The lowest BCUT2D eigenvalue weighted by molar-refractivity contribution is -0.246. The van der Waals surface area contributed by atoms with E-state index in [1.807, 2.05) is 6.92 Å². The van der Waals surface area contributed by atoms with E-state index < -0.39 is 64.4 Å². The fourth-order valence-corrected chi connectivity index (χ4v) is 8.08. The van der Waals surface area contributed by atoms with E-state index in [1.165, 1.54) is 19.1 Å². The van der Waals surface area contributed by atoms with Gasteiger partial charge < -0.3 is 19.3 Å². The van der Waals surface area contributed by atoms with Crippen LogP contribution in [0.3, 0.4) is 0 Å². The van der Waals surface area contributed by atoms with Crippen molar-refractivity contribution in [2.24, 2.45) is 22.7 Å². The normalized spacial score (nSPS) is 48.3. The van der Waals surface area contributed by atoms with Gasteiger partial charge in [0.2, 0.25) is 5.78 Å². The molecule has 0 aromatic heterocycles. The molecule has 0 radical (unpaired) electrons. The van der Waals surface area contributed by atoms with Gasteiger partial charge in [-0.3, -0.25) is 14.4 Å². The number of Topliss-reactive ketones (excluding diaryl/α,β-unsaturated/α-hetero) is 1. The average molecular weight is 477 g/mol. The number of alkyl halides is 1. The molecule has 186 valence electrons. The van der Waals surface area contributed by atoms with Gasteiger partial charge in [0, 0.05) is 23.7 Å². The van der Waals surface area contributed by atoms with Crippen molar-refractivity contribution in [2.75, 3.05) is 6.61 Å². The van der Waals surface area contributed by atoms with Gasteiger partial charge in [0.1, 0.15) is 0 Å². The van der Waals surface area contributed by atoms with E-state index in [1.54, 1.807) is 26.8 Å². The van der Waals surface area contributed by atoms with Gasteiger partial charge in [0.15, 0.2) is 29.4 Å². The van der Waals surface area contributed by atoms with Crippen LogP contribution in [0.15, 0.2) is 23.8 Å². The summed E-state index contributed by atoms with van der Waals surface area (Å²) in [5, 5.41) is 11.5. The highest BCUT2D eigenvalue weighted by molar-refractivity contribution is 6.01. The smallest absolute Gasteiger partial charge is 0.303 e. The van der Waals surface area contributed by atoms with Gasteiger partial charge in [-0.25, -0.2) is 4.39 Å². The zero-order valence-corrected chi connectivity index (χ0v) is 20.4. The fourth-order valence-electron chi connectivity index (χ4n) is 8.08. The molecule has 4 fully saturated rings. The zero-order chi connectivity index (χ0) is 24.9. The van der Waals surface area contributed by atoms with E-state index in [0.717, 1.165) is 0 Å². The number of aliphatic hydroxyl groups is 1. The van der Waals surface area contributed by atoms with E-state index in [2.05, 4.69) is 0 Å². The van der Waals surface area contributed by atoms with Crippen molar-refractivity contribution in [1.82, 2.24) is 0 Å². The number of ketones is 2. The first kappa shape index (κ1) is 23.8. The Kier molecular flexibility index (Phi) is 4.96. The van der Waals surface area contributed by atoms with Gasteiger partial charge in [0.25, 0.3) is 0 Å². The largest absolute Gasteiger partial charge is 0.458 e. The summed E-state index contributed by atoms with van der Waals surface area (Å²) in [6.07, 6.45) is 3.81. The molecule has 8 heteroatoms. The van der Waals surface area contributed by atoms with Gasteiger partial charge in [-0.1, -0.05) is 18.6 Å². The standard InChI is InChI=1S/C26H33FO7/c1-14(28)32-13-20(31)26-21(33-22(2,3)34-26)11-18-17-7-6-15-10-16(29)8-9-23(15,4)25(17,27)19(30)12-24(18,26)5/h8-10,17-19,21,30H,6-7,11-13H2,1-5H3/t17-,18+,19+,21-,23+,24+,25+,26-/m1/s1. The molecule has 5 rings (SSSR count). The van der Waals surface area contributed by atoms with Gasteiger partial charge in [-0.2, -0.15) is 0 Å². The van der Waals surface area contributed by atoms with Crippen LogP contribution in [0.25, 0.3) is 0 Å². The Morgan fingerprint density at radius 1 is 1.24 bits per heavy atom. The van der Waals surface area contributed by atoms with E-state index in [-0.39, 0.29) is 18.1 Å². The third-order valence-corrected chi connectivity index (χ3v) is 9.45. The van der Waals surface area contributed by atoms with E-state index in [9.17, 15) is 19.5 Å². The topological polar surface area (TPSA) is 99.1 Å². The van der Waals surface area contributed by atoms with Gasteiger partial charge >= 0.3 is 5.97 Å². The quantitative estimate of drug-likeness (QED) is 0.625. The van der Waals surface area contributed by atoms with Gasteiger partial charge in [-0.05, 0) is 64.5 Å². The molecule has 5 aliphatic rings. The molecule has 1 saturated heterocycles. The number of hydrogen-bond acceptors (Lipinski definition) is 7. The van der Waals surface area contributed by atoms with Crippen LogP contribution < -0.4 is 0 Å². The Labute approximate surface area is 198 Å². The molecular formula is C26H33FO7. The number of carbonyl (C=O) groups is 3. The van der Waals surface area contributed by atoms with Crippen molar-refractivity contribution in [1.29, 1.82) is 0 Å². The molecule has 0 aromatic carbocycles. The second-order valence-corrected chi connectivity index (χ2v) is 11.5. The number of carbonyl (C=O) groups excluding carboxylic acids is 3. The van der Waals surface area contributed by atoms with Crippen molar-refractivity contribution in [3.05, 3.63) is 23.8 Å². The van der Waals surface area contributed by atoms with Crippen LogP contribution >= 0.6 is 0 Å². The highest BCUT2D eigenvalue weighted by Crippen LogP contribution is 2.72. The predicted octanol–water partition coefficient (Wildman–Crippen LogP) is 2.99. The molecular weight excluding hydrogens is 443 g/mol. The third kappa shape index (κ3) is 2.76. The summed E-state index contributed by atoms with van der Waals surface area (Å²) in [7, 11) is 0. The lowest BCUT2D eigenvalue weighted by Gasteiger charge is -2.62. The fraction of sp³-hybridized carbons (Fsp3) is 0.731. The Balaban J connectivity index is 1.60. The van der Waals surface area contributed by atoms with Crippen molar-refractivity contribution >= 4 is 17.5 Å². The first-order valence-corrected chi connectivity index (χ1v) is 12.1. The summed E-state index contributed by atoms with van der Waals surface area (Å²) < 4.78 is 34.9. The highest BCUT2D eigenvalue weighted by atomic mass is 19.1. The summed E-state index contributed by atoms with van der Waals surface area (Å²) in [6.45, 7) is 7.86.